The van der Waals surface area contributed by atoms with Gasteiger partial charge in [0.25, 0.3) is 10.0 Å². The molecule has 1 fully saturated rings. The fourth-order valence-electron chi connectivity index (χ4n) is 2.04. The number of sulfonamides is 1. The van der Waals surface area contributed by atoms with Crippen LogP contribution in [0.25, 0.3) is 0 Å². The third-order valence-corrected chi connectivity index (χ3v) is 6.84. The summed E-state index contributed by atoms with van der Waals surface area (Å²) in [5.74, 6) is 0. The number of nitrogens with one attached hydrogen (secondary N) is 1. The minimum atomic E-state index is -3.40. The van der Waals surface area contributed by atoms with Gasteiger partial charge in [-0.15, -0.1) is 11.3 Å². The summed E-state index contributed by atoms with van der Waals surface area (Å²) in [6.45, 7) is 5.97. The summed E-state index contributed by atoms with van der Waals surface area (Å²) in [5.41, 5.74) is 0. The van der Waals surface area contributed by atoms with E-state index in [1.165, 1.54) is 15.6 Å². The van der Waals surface area contributed by atoms with Crippen LogP contribution in [0.3, 0.4) is 0 Å². The Bertz CT molecular complexity index is 534. The number of hydrogen-bond acceptors (Lipinski definition) is 5. The summed E-state index contributed by atoms with van der Waals surface area (Å²) in [6.07, 6.45) is 0.767. The van der Waals surface area contributed by atoms with E-state index in [0.29, 0.717) is 30.0 Å². The molecular weight excluding hydrogens is 296 g/mol. The van der Waals surface area contributed by atoms with Crippen molar-refractivity contribution in [2.45, 2.75) is 43.1 Å². The smallest absolute Gasteiger partial charge is 0.252 e. The third-order valence-electron chi connectivity index (χ3n) is 3.37. The molecule has 1 aliphatic heterocycles. The largest absolute Gasteiger partial charge is 0.380 e. The fourth-order valence-corrected chi connectivity index (χ4v) is 4.91. The second kappa shape index (κ2) is 6.53. The van der Waals surface area contributed by atoms with E-state index >= 15 is 0 Å². The predicted octanol–water partition coefficient (Wildman–Crippen LogP) is 1.66. The molecule has 0 amide bonds. The highest BCUT2D eigenvalue weighted by Crippen LogP contribution is 2.27. The molecule has 1 aromatic rings. The van der Waals surface area contributed by atoms with Crippen molar-refractivity contribution in [1.82, 2.24) is 9.62 Å². The maximum atomic E-state index is 12.5. The predicted molar refractivity (Wildman–Crippen MR) is 80.5 cm³/mol. The van der Waals surface area contributed by atoms with Crippen molar-refractivity contribution in [3.63, 3.8) is 0 Å². The first-order valence-electron chi connectivity index (χ1n) is 6.79. The van der Waals surface area contributed by atoms with E-state index in [1.807, 2.05) is 6.07 Å². The minimum absolute atomic E-state index is 0.0423. The second-order valence-corrected chi connectivity index (χ2v) is 8.69. The first-order valence-corrected chi connectivity index (χ1v) is 9.05. The lowest BCUT2D eigenvalue weighted by Crippen LogP contribution is -2.36. The molecule has 0 aliphatic carbocycles. The van der Waals surface area contributed by atoms with Gasteiger partial charge >= 0.3 is 0 Å². The summed E-state index contributed by atoms with van der Waals surface area (Å²) in [7, 11) is -1.76. The first-order chi connectivity index (χ1) is 9.41. The van der Waals surface area contributed by atoms with Gasteiger partial charge in [0.2, 0.25) is 0 Å². The Morgan fingerprint density at radius 2 is 2.25 bits per heavy atom. The topological polar surface area (TPSA) is 58.6 Å². The lowest BCUT2D eigenvalue weighted by molar-refractivity contribution is 0.181. The van der Waals surface area contributed by atoms with Crippen LogP contribution < -0.4 is 5.32 Å². The van der Waals surface area contributed by atoms with E-state index in [2.05, 4.69) is 19.2 Å². The Hall–Kier alpha value is -0.470. The number of likely N-dealkylation sites (N-methyl/N-ethyl adjacent to an activating group) is 1. The average molecular weight is 318 g/mol. The Morgan fingerprint density at radius 1 is 1.50 bits per heavy atom. The van der Waals surface area contributed by atoms with Gasteiger partial charge in [0.05, 0.1) is 12.6 Å². The molecule has 5 nitrogen and oxygen atoms in total. The Labute approximate surface area is 125 Å². The Kier molecular flexibility index (Phi) is 5.19. The molecule has 1 unspecified atom stereocenters. The monoisotopic (exact) mass is 318 g/mol. The van der Waals surface area contributed by atoms with Crippen molar-refractivity contribution >= 4 is 21.4 Å². The van der Waals surface area contributed by atoms with E-state index in [0.717, 1.165) is 11.3 Å². The van der Waals surface area contributed by atoms with E-state index in [9.17, 15) is 8.42 Å². The summed E-state index contributed by atoms with van der Waals surface area (Å²) in [4.78, 5) is 1.04. The van der Waals surface area contributed by atoms with Crippen LogP contribution in [0, 0.1) is 0 Å². The zero-order valence-electron chi connectivity index (χ0n) is 12.1. The van der Waals surface area contributed by atoms with Crippen molar-refractivity contribution in [1.29, 1.82) is 0 Å². The van der Waals surface area contributed by atoms with E-state index < -0.39 is 10.0 Å². The van der Waals surface area contributed by atoms with Crippen molar-refractivity contribution < 1.29 is 13.2 Å². The highest BCUT2D eigenvalue weighted by atomic mass is 32.2. The van der Waals surface area contributed by atoms with Gasteiger partial charge in [0, 0.05) is 31.1 Å². The van der Waals surface area contributed by atoms with Crippen LogP contribution in [0.15, 0.2) is 16.3 Å². The lowest BCUT2D eigenvalue weighted by Gasteiger charge is -2.21. The van der Waals surface area contributed by atoms with Crippen LogP contribution in [0.1, 0.15) is 25.1 Å². The maximum absolute atomic E-state index is 12.5. The first kappa shape index (κ1) is 15.9. The molecule has 20 heavy (non-hydrogen) atoms. The molecule has 1 aromatic heterocycles. The zero-order chi connectivity index (χ0) is 14.8. The normalized spacial score (nSPS) is 20.1. The second-order valence-electron chi connectivity index (χ2n) is 5.30. The van der Waals surface area contributed by atoms with Gasteiger partial charge in [0.15, 0.2) is 0 Å². The SMILES string of the molecule is CC(C)NCc1ccc(S(=O)(=O)N(C)C2CCOC2)s1. The van der Waals surface area contributed by atoms with Crippen LogP contribution >= 0.6 is 11.3 Å². The summed E-state index contributed by atoms with van der Waals surface area (Å²) in [5, 5.41) is 3.29. The number of thiophene rings is 1. The molecule has 7 heteroatoms. The summed E-state index contributed by atoms with van der Waals surface area (Å²) >= 11 is 1.34. The molecule has 1 aliphatic rings. The van der Waals surface area contributed by atoms with Crippen LogP contribution in [0.5, 0.6) is 0 Å². The number of rotatable bonds is 6. The molecule has 0 aromatic carbocycles. The summed E-state index contributed by atoms with van der Waals surface area (Å²) in [6, 6.07) is 3.92. The van der Waals surface area contributed by atoms with Gasteiger partial charge in [0.1, 0.15) is 4.21 Å². The van der Waals surface area contributed by atoms with E-state index in [1.54, 1.807) is 13.1 Å². The van der Waals surface area contributed by atoms with Crippen LogP contribution in [-0.2, 0) is 21.3 Å². The molecule has 0 spiro atoms. The molecule has 1 N–H and O–H groups in total. The van der Waals surface area contributed by atoms with Gasteiger partial charge in [-0.05, 0) is 18.6 Å². The lowest BCUT2D eigenvalue weighted by atomic mass is 10.3. The standard InChI is InChI=1S/C13H22N2O3S2/c1-10(2)14-8-12-4-5-13(19-12)20(16,17)15(3)11-6-7-18-9-11/h4-5,10-11,14H,6-9H2,1-3H3. The number of ether oxygens (including phenoxy) is 1. The maximum Gasteiger partial charge on any atom is 0.252 e. The minimum Gasteiger partial charge on any atom is -0.380 e. The van der Waals surface area contributed by atoms with Gasteiger partial charge < -0.3 is 10.1 Å². The summed E-state index contributed by atoms with van der Waals surface area (Å²) < 4.78 is 32.2. The van der Waals surface area contributed by atoms with Crippen LogP contribution in [-0.4, -0.2) is 45.1 Å². The molecule has 0 bridgehead atoms. The molecule has 2 heterocycles. The van der Waals surface area contributed by atoms with Gasteiger partial charge in [-0.2, -0.15) is 4.31 Å². The number of nitrogens with zero attached hydrogens (tertiary/aromatic N) is 1. The highest BCUT2D eigenvalue weighted by Gasteiger charge is 2.31. The van der Waals surface area contributed by atoms with Gasteiger partial charge in [-0.1, -0.05) is 13.8 Å². The molecule has 2 rings (SSSR count). The Morgan fingerprint density at radius 3 is 2.85 bits per heavy atom. The van der Waals surface area contributed by atoms with Crippen LogP contribution in [0.2, 0.25) is 0 Å². The molecule has 0 saturated carbocycles. The Balaban J connectivity index is 2.09. The molecule has 114 valence electrons. The van der Waals surface area contributed by atoms with E-state index in [4.69, 9.17) is 4.74 Å². The number of hydrogen-bond donors (Lipinski definition) is 1. The highest BCUT2D eigenvalue weighted by molar-refractivity contribution is 7.91. The van der Waals surface area contributed by atoms with E-state index in [-0.39, 0.29) is 6.04 Å². The van der Waals surface area contributed by atoms with Crippen molar-refractivity contribution in [3.8, 4) is 0 Å². The fraction of sp³-hybridized carbons (Fsp3) is 0.692. The van der Waals surface area contributed by atoms with Crippen molar-refractivity contribution in [2.24, 2.45) is 0 Å². The van der Waals surface area contributed by atoms with Crippen molar-refractivity contribution in [2.75, 3.05) is 20.3 Å². The quantitative estimate of drug-likeness (QED) is 0.866. The molecule has 0 radical (unpaired) electrons. The van der Waals surface area contributed by atoms with Crippen molar-refractivity contribution in [3.05, 3.63) is 17.0 Å². The van der Waals surface area contributed by atoms with Crippen LogP contribution in [0.4, 0.5) is 0 Å². The third kappa shape index (κ3) is 3.59. The molecular formula is C13H22N2O3S2. The zero-order valence-corrected chi connectivity index (χ0v) is 13.8. The average Bonchev–Trinajstić information content (AvgIpc) is 3.06. The molecule has 1 atom stereocenters. The molecule has 1 saturated heterocycles. The van der Waals surface area contributed by atoms with Gasteiger partial charge in [-0.3, -0.25) is 0 Å². The van der Waals surface area contributed by atoms with Gasteiger partial charge in [-0.25, -0.2) is 8.42 Å².